The summed E-state index contributed by atoms with van der Waals surface area (Å²) in [7, 11) is 1.32. The predicted octanol–water partition coefficient (Wildman–Crippen LogP) is 1.44. The van der Waals surface area contributed by atoms with Crippen LogP contribution in [0.25, 0.3) is 0 Å². The lowest BCUT2D eigenvalue weighted by Crippen LogP contribution is -2.47. The summed E-state index contributed by atoms with van der Waals surface area (Å²) in [6.45, 7) is 0.468. The Kier molecular flexibility index (Phi) is 4.68. The lowest BCUT2D eigenvalue weighted by molar-refractivity contribution is -0.124. The van der Waals surface area contributed by atoms with E-state index < -0.39 is 12.1 Å². The first kappa shape index (κ1) is 13.7. The van der Waals surface area contributed by atoms with Gasteiger partial charge in [0, 0.05) is 12.3 Å². The molecule has 5 nitrogen and oxygen atoms in total. The Morgan fingerprint density at radius 2 is 2.16 bits per heavy atom. The van der Waals surface area contributed by atoms with Crippen molar-refractivity contribution in [1.29, 1.82) is 0 Å². The Morgan fingerprint density at radius 1 is 1.42 bits per heavy atom. The van der Waals surface area contributed by atoms with E-state index in [0.717, 1.165) is 5.56 Å². The standard InChI is InChI=1S/C13H16N2O3S/c1-18-13(17)15-9-19-8-11(15)12(16)14-7-10-5-3-2-4-6-10/h2-6,11H,7-9H2,1H3,(H,14,16). The molecule has 1 aromatic rings. The van der Waals surface area contributed by atoms with Gasteiger partial charge in [-0.15, -0.1) is 11.8 Å². The van der Waals surface area contributed by atoms with E-state index in [0.29, 0.717) is 18.2 Å². The van der Waals surface area contributed by atoms with Crippen molar-refractivity contribution in [1.82, 2.24) is 10.2 Å². The molecule has 0 aliphatic carbocycles. The number of carbonyl (C=O) groups is 2. The minimum atomic E-state index is -0.454. The van der Waals surface area contributed by atoms with Crippen molar-refractivity contribution in [3.63, 3.8) is 0 Å². The van der Waals surface area contributed by atoms with E-state index in [1.54, 1.807) is 11.8 Å². The summed E-state index contributed by atoms with van der Waals surface area (Å²) < 4.78 is 4.67. The summed E-state index contributed by atoms with van der Waals surface area (Å²) in [6.07, 6.45) is -0.454. The van der Waals surface area contributed by atoms with Crippen LogP contribution < -0.4 is 5.32 Å². The van der Waals surface area contributed by atoms with Crippen molar-refractivity contribution < 1.29 is 14.3 Å². The Morgan fingerprint density at radius 3 is 2.84 bits per heavy atom. The number of ether oxygens (including phenoxy) is 1. The zero-order valence-electron chi connectivity index (χ0n) is 10.7. The van der Waals surface area contributed by atoms with Gasteiger partial charge in [0.25, 0.3) is 0 Å². The zero-order valence-corrected chi connectivity index (χ0v) is 11.5. The van der Waals surface area contributed by atoms with Crippen molar-refractivity contribution in [3.05, 3.63) is 35.9 Å². The molecular weight excluding hydrogens is 264 g/mol. The van der Waals surface area contributed by atoms with Gasteiger partial charge in [0.05, 0.1) is 13.0 Å². The molecule has 0 bridgehead atoms. The largest absolute Gasteiger partial charge is 0.453 e. The number of rotatable bonds is 3. The SMILES string of the molecule is COC(=O)N1CSCC1C(=O)NCc1ccccc1. The van der Waals surface area contributed by atoms with Crippen molar-refractivity contribution >= 4 is 23.8 Å². The molecule has 1 fully saturated rings. The van der Waals surface area contributed by atoms with Crippen LogP contribution in [0.2, 0.25) is 0 Å². The highest BCUT2D eigenvalue weighted by atomic mass is 32.2. The van der Waals surface area contributed by atoms with Crippen LogP contribution in [0.5, 0.6) is 0 Å². The molecule has 0 radical (unpaired) electrons. The Labute approximate surface area is 116 Å². The lowest BCUT2D eigenvalue weighted by Gasteiger charge is -2.21. The Hall–Kier alpha value is -1.69. The normalized spacial score (nSPS) is 18.2. The number of amides is 2. The van der Waals surface area contributed by atoms with E-state index >= 15 is 0 Å². The van der Waals surface area contributed by atoms with Crippen LogP contribution in [0.4, 0.5) is 4.79 Å². The third kappa shape index (κ3) is 3.41. The molecule has 1 aliphatic rings. The van der Waals surface area contributed by atoms with Gasteiger partial charge in [-0.25, -0.2) is 4.79 Å². The van der Waals surface area contributed by atoms with Crippen LogP contribution in [-0.4, -0.2) is 41.7 Å². The van der Waals surface area contributed by atoms with Gasteiger partial charge in [-0.3, -0.25) is 9.69 Å². The molecule has 1 aliphatic heterocycles. The van der Waals surface area contributed by atoms with Crippen LogP contribution >= 0.6 is 11.8 Å². The maximum Gasteiger partial charge on any atom is 0.410 e. The highest BCUT2D eigenvalue weighted by Gasteiger charge is 2.35. The summed E-state index contributed by atoms with van der Waals surface area (Å²) in [5.41, 5.74) is 1.03. The first-order valence-electron chi connectivity index (χ1n) is 5.96. The maximum atomic E-state index is 12.1. The van der Waals surface area contributed by atoms with Gasteiger partial charge in [-0.05, 0) is 5.56 Å². The molecule has 102 valence electrons. The van der Waals surface area contributed by atoms with Gasteiger partial charge >= 0.3 is 6.09 Å². The van der Waals surface area contributed by atoms with E-state index in [1.165, 1.54) is 12.0 Å². The van der Waals surface area contributed by atoms with Crippen molar-refractivity contribution in [2.24, 2.45) is 0 Å². The van der Waals surface area contributed by atoms with Crippen LogP contribution in [0, 0.1) is 0 Å². The first-order chi connectivity index (χ1) is 9.22. The molecule has 1 heterocycles. The molecule has 0 spiro atoms. The van der Waals surface area contributed by atoms with Gasteiger partial charge in [0.2, 0.25) is 5.91 Å². The first-order valence-corrected chi connectivity index (χ1v) is 7.12. The third-order valence-corrected chi connectivity index (χ3v) is 3.92. The minimum Gasteiger partial charge on any atom is -0.453 e. The Balaban J connectivity index is 1.90. The molecule has 0 aromatic heterocycles. The van der Waals surface area contributed by atoms with E-state index in [-0.39, 0.29) is 5.91 Å². The molecule has 1 N–H and O–H groups in total. The number of hydrogen-bond acceptors (Lipinski definition) is 4. The molecular formula is C13H16N2O3S. The molecule has 0 saturated carbocycles. The van der Waals surface area contributed by atoms with Crippen LogP contribution in [0.3, 0.4) is 0 Å². The van der Waals surface area contributed by atoms with Gasteiger partial charge in [-0.1, -0.05) is 30.3 Å². The quantitative estimate of drug-likeness (QED) is 0.910. The highest BCUT2D eigenvalue weighted by molar-refractivity contribution is 7.99. The number of carbonyl (C=O) groups excluding carboxylic acids is 2. The van der Waals surface area contributed by atoms with Gasteiger partial charge in [0.15, 0.2) is 0 Å². The van der Waals surface area contributed by atoms with E-state index in [9.17, 15) is 9.59 Å². The number of nitrogens with zero attached hydrogens (tertiary/aromatic N) is 1. The number of hydrogen-bond donors (Lipinski definition) is 1. The highest BCUT2D eigenvalue weighted by Crippen LogP contribution is 2.21. The molecule has 6 heteroatoms. The van der Waals surface area contributed by atoms with Crippen molar-refractivity contribution in [3.8, 4) is 0 Å². The lowest BCUT2D eigenvalue weighted by atomic mass is 10.2. The molecule has 1 atom stereocenters. The molecule has 1 aromatic carbocycles. The second kappa shape index (κ2) is 6.47. The number of benzene rings is 1. The Bertz CT molecular complexity index is 452. The average Bonchev–Trinajstić information content (AvgIpc) is 2.94. The van der Waals surface area contributed by atoms with Gasteiger partial charge in [0.1, 0.15) is 6.04 Å². The predicted molar refractivity (Wildman–Crippen MR) is 73.6 cm³/mol. The van der Waals surface area contributed by atoms with Crippen molar-refractivity contribution in [2.45, 2.75) is 12.6 Å². The molecule has 1 saturated heterocycles. The van der Waals surface area contributed by atoms with Crippen LogP contribution in [-0.2, 0) is 16.1 Å². The molecule has 2 amide bonds. The topological polar surface area (TPSA) is 58.6 Å². The maximum absolute atomic E-state index is 12.1. The second-order valence-corrected chi connectivity index (χ2v) is 5.16. The fraction of sp³-hybridized carbons (Fsp3) is 0.385. The van der Waals surface area contributed by atoms with Gasteiger partial charge < -0.3 is 10.1 Å². The summed E-state index contributed by atoms with van der Waals surface area (Å²) >= 11 is 1.55. The van der Waals surface area contributed by atoms with Gasteiger partial charge in [-0.2, -0.15) is 0 Å². The number of nitrogens with one attached hydrogen (secondary N) is 1. The minimum absolute atomic E-state index is 0.140. The summed E-state index contributed by atoms with van der Waals surface area (Å²) in [4.78, 5) is 25.0. The second-order valence-electron chi connectivity index (χ2n) is 4.16. The molecule has 1 unspecified atom stereocenters. The average molecular weight is 280 g/mol. The third-order valence-electron chi connectivity index (χ3n) is 2.90. The fourth-order valence-electron chi connectivity index (χ4n) is 1.86. The fourth-order valence-corrected chi connectivity index (χ4v) is 3.00. The molecule has 2 rings (SSSR count). The van der Waals surface area contributed by atoms with Crippen molar-refractivity contribution in [2.75, 3.05) is 18.7 Å². The van der Waals surface area contributed by atoms with E-state index in [1.807, 2.05) is 30.3 Å². The van der Waals surface area contributed by atoms with Crippen LogP contribution in [0.15, 0.2) is 30.3 Å². The number of methoxy groups -OCH3 is 1. The number of thioether (sulfide) groups is 1. The summed E-state index contributed by atoms with van der Waals surface area (Å²) in [6, 6.07) is 9.23. The zero-order chi connectivity index (χ0) is 13.7. The summed E-state index contributed by atoms with van der Waals surface area (Å²) in [5.74, 6) is 0.963. The monoisotopic (exact) mass is 280 g/mol. The smallest absolute Gasteiger partial charge is 0.410 e. The van der Waals surface area contributed by atoms with E-state index in [2.05, 4.69) is 10.1 Å². The van der Waals surface area contributed by atoms with Crippen LogP contribution in [0.1, 0.15) is 5.56 Å². The van der Waals surface area contributed by atoms with E-state index in [4.69, 9.17) is 0 Å². The molecule has 19 heavy (non-hydrogen) atoms. The summed E-state index contributed by atoms with van der Waals surface area (Å²) in [5, 5.41) is 2.85.